The summed E-state index contributed by atoms with van der Waals surface area (Å²) < 4.78 is 20.3. The molecule has 2 aromatic heterocycles. The molecule has 5 nitrogen and oxygen atoms in total. The summed E-state index contributed by atoms with van der Waals surface area (Å²) in [7, 11) is 0. The first-order chi connectivity index (χ1) is 34.4. The Kier molecular flexibility index (Phi) is 7.99. The molecule has 15 rings (SSSR count). The molecule has 0 atom stereocenters. The van der Waals surface area contributed by atoms with Crippen molar-refractivity contribution in [1.29, 1.82) is 0 Å². The third kappa shape index (κ3) is 5.29. The van der Waals surface area contributed by atoms with Gasteiger partial charge >= 0.3 is 0 Å². The van der Waals surface area contributed by atoms with E-state index in [1.807, 2.05) is 30.3 Å². The van der Waals surface area contributed by atoms with Gasteiger partial charge in [-0.1, -0.05) is 159 Å². The van der Waals surface area contributed by atoms with Crippen molar-refractivity contribution in [2.75, 3.05) is 4.90 Å². The molecule has 330 valence electrons. The lowest BCUT2D eigenvalue weighted by molar-refractivity contribution is 0.438. The van der Waals surface area contributed by atoms with Crippen LogP contribution in [0.2, 0.25) is 0 Å². The Morgan fingerprint density at radius 3 is 1.79 bits per heavy atom. The van der Waals surface area contributed by atoms with Gasteiger partial charge in [0.2, 0.25) is 5.89 Å². The third-order valence-corrected chi connectivity index (χ3v) is 15.4. The molecule has 70 heavy (non-hydrogen) atoms. The topological polar surface area (TPSA) is 51.6 Å². The van der Waals surface area contributed by atoms with Crippen molar-refractivity contribution in [2.45, 2.75) is 24.7 Å². The normalized spacial score (nSPS) is 14.2. The first kappa shape index (κ1) is 39.1. The number of hydrogen-bond acceptors (Lipinski definition) is 5. The smallest absolute Gasteiger partial charge is 0.227 e. The minimum atomic E-state index is -0.721. The van der Waals surface area contributed by atoms with Gasteiger partial charge in [0.25, 0.3) is 0 Å². The van der Waals surface area contributed by atoms with Gasteiger partial charge in [0.05, 0.1) is 16.5 Å². The molecule has 0 fully saturated rings. The van der Waals surface area contributed by atoms with Crippen LogP contribution in [-0.4, -0.2) is 4.98 Å². The minimum absolute atomic E-state index is 0.153. The van der Waals surface area contributed by atoms with Crippen LogP contribution in [0.3, 0.4) is 0 Å². The first-order valence-corrected chi connectivity index (χ1v) is 24.0. The molecule has 12 aromatic rings. The number of furan rings is 1. The van der Waals surface area contributed by atoms with Crippen molar-refractivity contribution in [3.8, 4) is 56.3 Å². The zero-order valence-corrected chi connectivity index (χ0v) is 38.4. The van der Waals surface area contributed by atoms with Crippen molar-refractivity contribution in [1.82, 2.24) is 4.98 Å². The molecule has 0 amide bonds. The molecule has 3 heterocycles. The Balaban J connectivity index is 1.05. The highest BCUT2D eigenvalue weighted by Gasteiger charge is 2.52. The van der Waals surface area contributed by atoms with E-state index in [0.717, 1.165) is 89.4 Å². The first-order valence-electron chi connectivity index (χ1n) is 24.0. The number of anilines is 3. The number of oxazole rings is 1. The average molecular weight is 899 g/mol. The second-order valence-corrected chi connectivity index (χ2v) is 19.4. The number of benzene rings is 10. The zero-order chi connectivity index (χ0) is 46.3. The van der Waals surface area contributed by atoms with Gasteiger partial charge in [0.1, 0.15) is 28.2 Å². The van der Waals surface area contributed by atoms with Crippen LogP contribution in [0.25, 0.3) is 77.9 Å². The van der Waals surface area contributed by atoms with Gasteiger partial charge in [0.15, 0.2) is 5.58 Å². The van der Waals surface area contributed by atoms with E-state index in [0.29, 0.717) is 5.89 Å². The Labute approximate surface area is 404 Å². The molecule has 1 aliphatic heterocycles. The lowest BCUT2D eigenvalue weighted by atomic mass is 9.65. The summed E-state index contributed by atoms with van der Waals surface area (Å²) in [5.41, 5.74) is 20.6. The van der Waals surface area contributed by atoms with E-state index in [1.54, 1.807) is 0 Å². The number of ether oxygens (including phenoxy) is 1. The molecule has 0 saturated heterocycles. The molecule has 0 N–H and O–H groups in total. The van der Waals surface area contributed by atoms with Gasteiger partial charge < -0.3 is 18.5 Å². The molecule has 0 saturated carbocycles. The predicted molar refractivity (Wildman–Crippen MR) is 282 cm³/mol. The largest absolute Gasteiger partial charge is 0.456 e. The number of rotatable bonds is 5. The zero-order valence-electron chi connectivity index (χ0n) is 38.4. The Morgan fingerprint density at radius 2 is 1.01 bits per heavy atom. The SMILES string of the molecule is CC1(C)c2ccccc2-c2cc(N(c3cc(-c4ccc(-c5nc6ccccc6o5)cc4)c4c(c3)C3(c5ccccc5O4)c4ccccc4-c4ccccc43)c3cccc4oc5ccccc5c34)ccc21. The molecule has 3 aliphatic rings. The van der Waals surface area contributed by atoms with Gasteiger partial charge in [-0.25, -0.2) is 4.98 Å². The van der Waals surface area contributed by atoms with Gasteiger partial charge in [0, 0.05) is 44.4 Å². The summed E-state index contributed by atoms with van der Waals surface area (Å²) in [5.74, 6) is 2.24. The fraction of sp³-hybridized carbons (Fsp3) is 0.0615. The van der Waals surface area contributed by atoms with Crippen LogP contribution >= 0.6 is 0 Å². The molecule has 0 unspecified atom stereocenters. The highest BCUT2D eigenvalue weighted by molar-refractivity contribution is 6.13. The van der Waals surface area contributed by atoms with Gasteiger partial charge in [-0.15, -0.1) is 0 Å². The molecule has 0 bridgehead atoms. The van der Waals surface area contributed by atoms with Crippen molar-refractivity contribution in [2.24, 2.45) is 0 Å². The fourth-order valence-electron chi connectivity index (χ4n) is 12.3. The van der Waals surface area contributed by atoms with Gasteiger partial charge in [-0.05, 0) is 123 Å². The molecular formula is C65H42N2O3. The van der Waals surface area contributed by atoms with Crippen LogP contribution in [0.5, 0.6) is 11.5 Å². The van der Waals surface area contributed by atoms with Crippen molar-refractivity contribution < 1.29 is 13.6 Å². The van der Waals surface area contributed by atoms with Crippen LogP contribution in [-0.2, 0) is 10.8 Å². The number of hydrogen-bond donors (Lipinski definition) is 0. The second-order valence-electron chi connectivity index (χ2n) is 19.4. The van der Waals surface area contributed by atoms with Crippen LogP contribution < -0.4 is 9.64 Å². The average Bonchev–Trinajstić information content (AvgIpc) is 4.15. The standard InChI is InChI=1S/C65H42N2O3/c1-64(2)49-20-7-3-18-45(49)48-36-41(34-35-50(48)64)67(56-25-15-29-60-61(56)46-19-6-12-26-57(46)68-60)42-37-47(39-30-32-40(33-31-39)63-66-55-24-11-14-28-59(55)70-63)62-54(38-42)65(53-23-10-13-27-58(53)69-62)51-21-8-4-16-43(51)44-17-5-9-22-52(44)65/h3-38H,1-2H3. The molecule has 1 spiro atoms. The van der Waals surface area contributed by atoms with Crippen LogP contribution in [0.1, 0.15) is 47.2 Å². The van der Waals surface area contributed by atoms with Crippen LogP contribution in [0.15, 0.2) is 227 Å². The quantitative estimate of drug-likeness (QED) is 0.172. The highest BCUT2D eigenvalue weighted by Crippen LogP contribution is 2.64. The number of para-hydroxylation sites is 4. The summed E-state index contributed by atoms with van der Waals surface area (Å²) in [4.78, 5) is 7.31. The van der Waals surface area contributed by atoms with E-state index in [9.17, 15) is 0 Å². The maximum absolute atomic E-state index is 7.35. The number of fused-ring (bicyclic) bond motifs is 16. The Hall–Kier alpha value is -8.93. The van der Waals surface area contributed by atoms with E-state index in [-0.39, 0.29) is 5.41 Å². The predicted octanol–water partition coefficient (Wildman–Crippen LogP) is 17.3. The molecule has 10 aromatic carbocycles. The molecule has 5 heteroatoms. The monoisotopic (exact) mass is 898 g/mol. The Morgan fingerprint density at radius 1 is 0.414 bits per heavy atom. The number of aromatic nitrogens is 1. The fourth-order valence-corrected chi connectivity index (χ4v) is 12.3. The summed E-state index contributed by atoms with van der Waals surface area (Å²) >= 11 is 0. The van der Waals surface area contributed by atoms with Crippen LogP contribution in [0.4, 0.5) is 17.1 Å². The van der Waals surface area contributed by atoms with Gasteiger partial charge in [-0.2, -0.15) is 0 Å². The molecule has 0 radical (unpaired) electrons. The second kappa shape index (κ2) is 14.3. The third-order valence-electron chi connectivity index (χ3n) is 15.4. The maximum Gasteiger partial charge on any atom is 0.227 e. The van der Waals surface area contributed by atoms with E-state index in [4.69, 9.17) is 18.6 Å². The van der Waals surface area contributed by atoms with Crippen molar-refractivity contribution >= 4 is 50.1 Å². The summed E-state index contributed by atoms with van der Waals surface area (Å²) in [6.07, 6.45) is 0. The van der Waals surface area contributed by atoms with Crippen molar-refractivity contribution in [3.05, 3.63) is 252 Å². The van der Waals surface area contributed by atoms with Crippen molar-refractivity contribution in [3.63, 3.8) is 0 Å². The molecular weight excluding hydrogens is 857 g/mol. The lowest BCUT2D eigenvalue weighted by Gasteiger charge is -2.41. The van der Waals surface area contributed by atoms with Crippen LogP contribution in [0, 0.1) is 0 Å². The minimum Gasteiger partial charge on any atom is -0.456 e. The maximum atomic E-state index is 7.35. The Bertz CT molecular complexity index is 4080. The van der Waals surface area contributed by atoms with Gasteiger partial charge in [-0.3, -0.25) is 0 Å². The van der Waals surface area contributed by atoms with E-state index in [1.165, 1.54) is 44.5 Å². The molecule has 2 aliphatic carbocycles. The number of nitrogens with zero attached hydrogens (tertiary/aromatic N) is 2. The summed E-state index contributed by atoms with van der Waals surface area (Å²) in [5, 5.41) is 2.11. The van der Waals surface area contributed by atoms with E-state index < -0.39 is 5.41 Å². The summed E-state index contributed by atoms with van der Waals surface area (Å²) in [6.45, 7) is 4.68. The highest BCUT2D eigenvalue weighted by atomic mass is 16.5. The summed E-state index contributed by atoms with van der Waals surface area (Å²) in [6, 6.07) is 78.5. The van der Waals surface area contributed by atoms with E-state index >= 15 is 0 Å². The lowest BCUT2D eigenvalue weighted by Crippen LogP contribution is -2.32. The van der Waals surface area contributed by atoms with E-state index in [2.05, 4.69) is 207 Å².